The summed E-state index contributed by atoms with van der Waals surface area (Å²) in [4.78, 5) is 25.4. The SMILES string of the molecule is CC(=O)c1cc2n(n1)C(Cc1ccccc1)CN(C)C2=O. The average Bonchev–Trinajstić information content (AvgIpc) is 2.91. The van der Waals surface area contributed by atoms with E-state index in [1.54, 1.807) is 22.7 Å². The highest BCUT2D eigenvalue weighted by Gasteiger charge is 2.31. The van der Waals surface area contributed by atoms with E-state index in [1.807, 2.05) is 18.2 Å². The van der Waals surface area contributed by atoms with Crippen molar-refractivity contribution in [2.45, 2.75) is 19.4 Å². The summed E-state index contributed by atoms with van der Waals surface area (Å²) in [6, 6.07) is 11.7. The second-order valence-electron chi connectivity index (χ2n) is 5.44. The van der Waals surface area contributed by atoms with Crippen molar-refractivity contribution in [2.75, 3.05) is 13.6 Å². The van der Waals surface area contributed by atoms with Crippen LogP contribution in [0.3, 0.4) is 0 Å². The summed E-state index contributed by atoms with van der Waals surface area (Å²) in [6.07, 6.45) is 0.782. The van der Waals surface area contributed by atoms with Crippen LogP contribution < -0.4 is 0 Å². The molecule has 5 heteroatoms. The predicted octanol–water partition coefficient (Wildman–Crippen LogP) is 1.96. The van der Waals surface area contributed by atoms with Gasteiger partial charge in [0.15, 0.2) is 5.78 Å². The molecule has 2 aromatic rings. The fourth-order valence-electron chi connectivity index (χ4n) is 2.71. The molecule has 1 atom stereocenters. The molecule has 1 aliphatic rings. The highest BCUT2D eigenvalue weighted by atomic mass is 16.2. The number of carbonyl (C=O) groups excluding carboxylic acids is 2. The Labute approximate surface area is 123 Å². The fourth-order valence-corrected chi connectivity index (χ4v) is 2.71. The van der Waals surface area contributed by atoms with E-state index in [1.165, 1.54) is 12.5 Å². The van der Waals surface area contributed by atoms with Crippen molar-refractivity contribution in [1.29, 1.82) is 0 Å². The van der Waals surface area contributed by atoms with Gasteiger partial charge in [-0.15, -0.1) is 0 Å². The Morgan fingerprint density at radius 1 is 1.33 bits per heavy atom. The number of carbonyl (C=O) groups is 2. The zero-order chi connectivity index (χ0) is 15.0. The lowest BCUT2D eigenvalue weighted by Crippen LogP contribution is -2.41. The summed E-state index contributed by atoms with van der Waals surface area (Å²) in [5, 5.41) is 4.33. The Hall–Kier alpha value is -2.43. The molecular formula is C16H17N3O2. The van der Waals surface area contributed by atoms with E-state index in [9.17, 15) is 9.59 Å². The van der Waals surface area contributed by atoms with Gasteiger partial charge in [0.2, 0.25) is 0 Å². The second kappa shape index (κ2) is 5.16. The first-order chi connectivity index (χ1) is 10.1. The van der Waals surface area contributed by atoms with Gasteiger partial charge >= 0.3 is 0 Å². The van der Waals surface area contributed by atoms with Crippen molar-refractivity contribution in [3.63, 3.8) is 0 Å². The topological polar surface area (TPSA) is 55.2 Å². The largest absolute Gasteiger partial charge is 0.338 e. The van der Waals surface area contributed by atoms with E-state index in [0.29, 0.717) is 17.9 Å². The van der Waals surface area contributed by atoms with Gasteiger partial charge in [-0.1, -0.05) is 30.3 Å². The first kappa shape index (κ1) is 13.5. The number of hydrogen-bond acceptors (Lipinski definition) is 3. The van der Waals surface area contributed by atoms with E-state index in [0.717, 1.165) is 6.42 Å². The van der Waals surface area contributed by atoms with E-state index >= 15 is 0 Å². The Bertz CT molecular complexity index is 691. The molecule has 108 valence electrons. The van der Waals surface area contributed by atoms with Crippen LogP contribution in [0.4, 0.5) is 0 Å². The molecule has 3 rings (SSSR count). The molecule has 1 unspecified atom stereocenters. The minimum atomic E-state index is -0.120. The summed E-state index contributed by atoms with van der Waals surface area (Å²) in [5.41, 5.74) is 2.04. The van der Waals surface area contributed by atoms with Gasteiger partial charge in [0.25, 0.3) is 5.91 Å². The Morgan fingerprint density at radius 2 is 2.05 bits per heavy atom. The van der Waals surface area contributed by atoms with Crippen LogP contribution in [0, 0.1) is 0 Å². The quantitative estimate of drug-likeness (QED) is 0.809. The lowest BCUT2D eigenvalue weighted by Gasteiger charge is -2.31. The van der Waals surface area contributed by atoms with Gasteiger partial charge in [0, 0.05) is 26.6 Å². The van der Waals surface area contributed by atoms with Gasteiger partial charge in [0.1, 0.15) is 11.4 Å². The van der Waals surface area contributed by atoms with Crippen LogP contribution in [0.25, 0.3) is 0 Å². The zero-order valence-electron chi connectivity index (χ0n) is 12.1. The first-order valence-electron chi connectivity index (χ1n) is 6.96. The van der Waals surface area contributed by atoms with Crippen molar-refractivity contribution in [3.05, 3.63) is 53.3 Å². The average molecular weight is 283 g/mol. The third-order valence-corrected chi connectivity index (χ3v) is 3.81. The smallest absolute Gasteiger partial charge is 0.271 e. The maximum absolute atomic E-state index is 12.2. The Balaban J connectivity index is 1.98. The zero-order valence-corrected chi connectivity index (χ0v) is 12.1. The maximum Gasteiger partial charge on any atom is 0.271 e. The number of ketones is 1. The lowest BCUT2D eigenvalue weighted by atomic mass is 10.0. The molecule has 5 nitrogen and oxygen atoms in total. The number of likely N-dealkylation sites (N-methyl/N-ethyl adjacent to an activating group) is 1. The minimum Gasteiger partial charge on any atom is -0.338 e. The van der Waals surface area contributed by atoms with Crippen LogP contribution in [0.1, 0.15) is 39.5 Å². The van der Waals surface area contributed by atoms with E-state index in [-0.39, 0.29) is 17.7 Å². The van der Waals surface area contributed by atoms with Gasteiger partial charge in [-0.25, -0.2) is 0 Å². The molecule has 0 saturated carbocycles. The van der Waals surface area contributed by atoms with Crippen molar-refractivity contribution < 1.29 is 9.59 Å². The number of nitrogens with zero attached hydrogens (tertiary/aromatic N) is 3. The molecule has 0 bridgehead atoms. The maximum atomic E-state index is 12.2. The van der Waals surface area contributed by atoms with Crippen LogP contribution >= 0.6 is 0 Å². The molecule has 0 saturated heterocycles. The van der Waals surface area contributed by atoms with Crippen LogP contribution in [0.15, 0.2) is 36.4 Å². The molecule has 1 aromatic carbocycles. The normalized spacial score (nSPS) is 17.7. The molecule has 0 N–H and O–H groups in total. The lowest BCUT2D eigenvalue weighted by molar-refractivity contribution is 0.0706. The molecule has 0 spiro atoms. The predicted molar refractivity (Wildman–Crippen MR) is 78.4 cm³/mol. The van der Waals surface area contributed by atoms with Crippen molar-refractivity contribution in [3.8, 4) is 0 Å². The molecule has 0 radical (unpaired) electrons. The van der Waals surface area contributed by atoms with Crippen molar-refractivity contribution in [1.82, 2.24) is 14.7 Å². The van der Waals surface area contributed by atoms with Gasteiger partial charge < -0.3 is 4.90 Å². The number of amides is 1. The number of fused-ring (bicyclic) bond motifs is 1. The third kappa shape index (κ3) is 2.46. The summed E-state index contributed by atoms with van der Waals surface area (Å²) in [6.45, 7) is 2.06. The van der Waals surface area contributed by atoms with Crippen molar-refractivity contribution in [2.24, 2.45) is 0 Å². The number of rotatable bonds is 3. The molecule has 21 heavy (non-hydrogen) atoms. The van der Waals surface area contributed by atoms with Crippen LogP contribution in [-0.4, -0.2) is 40.0 Å². The van der Waals surface area contributed by atoms with E-state index in [4.69, 9.17) is 0 Å². The molecular weight excluding hydrogens is 266 g/mol. The molecule has 1 aromatic heterocycles. The Kier molecular flexibility index (Phi) is 3.33. The highest BCUT2D eigenvalue weighted by molar-refractivity contribution is 5.98. The van der Waals surface area contributed by atoms with Gasteiger partial charge in [-0.2, -0.15) is 5.10 Å². The van der Waals surface area contributed by atoms with Crippen LogP contribution in [0.2, 0.25) is 0 Å². The second-order valence-corrected chi connectivity index (χ2v) is 5.44. The first-order valence-corrected chi connectivity index (χ1v) is 6.96. The molecule has 1 amide bonds. The highest BCUT2D eigenvalue weighted by Crippen LogP contribution is 2.24. The number of Topliss-reactive ketones (excluding diaryl/α,β-unsaturated/α-hetero) is 1. The van der Waals surface area contributed by atoms with Gasteiger partial charge in [0.05, 0.1) is 6.04 Å². The van der Waals surface area contributed by atoms with Gasteiger partial charge in [-0.3, -0.25) is 14.3 Å². The van der Waals surface area contributed by atoms with Crippen molar-refractivity contribution >= 4 is 11.7 Å². The molecule has 2 heterocycles. The summed E-state index contributed by atoms with van der Waals surface area (Å²) in [7, 11) is 1.78. The third-order valence-electron chi connectivity index (χ3n) is 3.81. The number of benzene rings is 1. The number of aromatic nitrogens is 2. The van der Waals surface area contributed by atoms with Crippen LogP contribution in [0.5, 0.6) is 0 Å². The molecule has 1 aliphatic heterocycles. The molecule has 0 fully saturated rings. The monoisotopic (exact) mass is 283 g/mol. The van der Waals surface area contributed by atoms with Gasteiger partial charge in [-0.05, 0) is 12.0 Å². The van der Waals surface area contributed by atoms with Crippen LogP contribution in [-0.2, 0) is 6.42 Å². The Morgan fingerprint density at radius 3 is 2.71 bits per heavy atom. The summed E-state index contributed by atoms with van der Waals surface area (Å²) in [5.74, 6) is -0.204. The minimum absolute atomic E-state index is 0.0539. The summed E-state index contributed by atoms with van der Waals surface area (Å²) < 4.78 is 1.71. The molecule has 0 aliphatic carbocycles. The number of hydrogen-bond donors (Lipinski definition) is 0. The fraction of sp³-hybridized carbons (Fsp3) is 0.312. The van der Waals surface area contributed by atoms with E-state index in [2.05, 4.69) is 17.2 Å². The van der Waals surface area contributed by atoms with E-state index < -0.39 is 0 Å². The summed E-state index contributed by atoms with van der Waals surface area (Å²) >= 11 is 0. The standard InChI is InChI=1S/C16H17N3O2/c1-11(20)14-9-15-16(21)18(2)10-13(19(15)17-14)8-12-6-4-3-5-7-12/h3-7,9,13H,8,10H2,1-2H3.